The van der Waals surface area contributed by atoms with Gasteiger partial charge >= 0.3 is 0 Å². The SMILES string of the molecule is O=C(Nc1nccs1)C1(c2cc(-c3ccccc3F)on2)CC1. The van der Waals surface area contributed by atoms with E-state index < -0.39 is 5.41 Å². The zero-order valence-corrected chi connectivity index (χ0v) is 12.8. The van der Waals surface area contributed by atoms with E-state index in [4.69, 9.17) is 4.52 Å². The van der Waals surface area contributed by atoms with Crippen molar-refractivity contribution in [2.24, 2.45) is 0 Å². The molecule has 1 saturated carbocycles. The first-order chi connectivity index (χ1) is 11.2. The predicted octanol–water partition coefficient (Wildman–Crippen LogP) is 3.61. The van der Waals surface area contributed by atoms with E-state index in [1.807, 2.05) is 0 Å². The maximum absolute atomic E-state index is 13.8. The van der Waals surface area contributed by atoms with E-state index in [1.54, 1.807) is 35.8 Å². The molecule has 1 fully saturated rings. The Balaban J connectivity index is 1.61. The Morgan fingerprint density at radius 2 is 2.17 bits per heavy atom. The lowest BCUT2D eigenvalue weighted by Gasteiger charge is -2.10. The van der Waals surface area contributed by atoms with Gasteiger partial charge < -0.3 is 9.84 Å². The number of thiazole rings is 1. The highest BCUT2D eigenvalue weighted by Gasteiger charge is 2.54. The van der Waals surface area contributed by atoms with Crippen LogP contribution in [0.5, 0.6) is 0 Å². The standard InChI is InChI=1S/C16H12FN3O2S/c17-11-4-2-1-3-10(11)12-9-13(20-22-12)16(5-6-16)14(21)19-15-18-7-8-23-15/h1-4,7-9H,5-6H2,(H,18,19,21). The van der Waals surface area contributed by atoms with Gasteiger partial charge in [-0.2, -0.15) is 0 Å². The first-order valence-corrected chi connectivity index (χ1v) is 8.00. The quantitative estimate of drug-likeness (QED) is 0.794. The predicted molar refractivity (Wildman–Crippen MR) is 83.6 cm³/mol. The molecule has 2 heterocycles. The minimum atomic E-state index is -0.696. The number of nitrogens with one attached hydrogen (secondary N) is 1. The second kappa shape index (κ2) is 5.27. The van der Waals surface area contributed by atoms with Crippen LogP contribution in [0.3, 0.4) is 0 Å². The Labute approximate surface area is 135 Å². The van der Waals surface area contributed by atoms with Crippen LogP contribution in [0, 0.1) is 5.82 Å². The summed E-state index contributed by atoms with van der Waals surface area (Å²) in [7, 11) is 0. The van der Waals surface area contributed by atoms with Crippen molar-refractivity contribution in [2.75, 3.05) is 5.32 Å². The first kappa shape index (κ1) is 14.1. The topological polar surface area (TPSA) is 68.0 Å². The largest absolute Gasteiger partial charge is 0.356 e. The van der Waals surface area contributed by atoms with Gasteiger partial charge in [-0.15, -0.1) is 11.3 Å². The fourth-order valence-electron chi connectivity index (χ4n) is 2.52. The van der Waals surface area contributed by atoms with Crippen LogP contribution in [0.2, 0.25) is 0 Å². The molecule has 0 atom stereocenters. The lowest BCUT2D eigenvalue weighted by Crippen LogP contribution is -2.28. The number of hydrogen-bond acceptors (Lipinski definition) is 5. The summed E-state index contributed by atoms with van der Waals surface area (Å²) >= 11 is 1.36. The zero-order chi connectivity index (χ0) is 15.9. The molecule has 2 aromatic heterocycles. The van der Waals surface area contributed by atoms with Crippen molar-refractivity contribution in [3.63, 3.8) is 0 Å². The summed E-state index contributed by atoms with van der Waals surface area (Å²) in [6.07, 6.45) is 3.01. The summed E-state index contributed by atoms with van der Waals surface area (Å²) in [6.45, 7) is 0. The van der Waals surface area contributed by atoms with E-state index in [-0.39, 0.29) is 11.7 Å². The van der Waals surface area contributed by atoms with Crippen molar-refractivity contribution in [1.82, 2.24) is 10.1 Å². The summed E-state index contributed by atoms with van der Waals surface area (Å²) in [6, 6.07) is 7.96. The third-order valence-electron chi connectivity index (χ3n) is 3.98. The van der Waals surface area contributed by atoms with Gasteiger partial charge in [0.25, 0.3) is 0 Å². The normalized spacial score (nSPS) is 15.3. The van der Waals surface area contributed by atoms with Gasteiger partial charge in [-0.1, -0.05) is 17.3 Å². The number of rotatable bonds is 4. The van der Waals surface area contributed by atoms with Crippen molar-refractivity contribution in [3.05, 3.63) is 53.4 Å². The molecule has 1 N–H and O–H groups in total. The maximum Gasteiger partial charge on any atom is 0.238 e. The number of anilines is 1. The Bertz CT molecular complexity index is 856. The molecule has 0 saturated heterocycles. The smallest absolute Gasteiger partial charge is 0.238 e. The molecule has 0 spiro atoms. The molecular formula is C16H12FN3O2S. The summed E-state index contributed by atoms with van der Waals surface area (Å²) < 4.78 is 19.1. The molecule has 0 unspecified atom stereocenters. The fraction of sp³-hybridized carbons (Fsp3) is 0.188. The number of carbonyl (C=O) groups is 1. The van der Waals surface area contributed by atoms with Crippen molar-refractivity contribution < 1.29 is 13.7 Å². The first-order valence-electron chi connectivity index (χ1n) is 7.12. The second-order valence-corrected chi connectivity index (χ2v) is 6.32. The highest BCUT2D eigenvalue weighted by atomic mass is 32.1. The number of halogens is 1. The average molecular weight is 329 g/mol. The lowest BCUT2D eigenvalue weighted by atomic mass is 10.0. The summed E-state index contributed by atoms with van der Waals surface area (Å²) in [5.74, 6) is -0.209. The minimum Gasteiger partial charge on any atom is -0.356 e. The third kappa shape index (κ3) is 2.43. The van der Waals surface area contributed by atoms with E-state index in [0.717, 1.165) is 0 Å². The molecule has 0 radical (unpaired) electrons. The van der Waals surface area contributed by atoms with Gasteiger partial charge in [0.15, 0.2) is 10.9 Å². The van der Waals surface area contributed by atoms with Crippen LogP contribution in [0.4, 0.5) is 9.52 Å². The number of benzene rings is 1. The monoisotopic (exact) mass is 329 g/mol. The molecule has 1 aromatic carbocycles. The Morgan fingerprint density at radius 1 is 1.35 bits per heavy atom. The van der Waals surface area contributed by atoms with Gasteiger partial charge in [0.1, 0.15) is 5.82 Å². The maximum atomic E-state index is 13.8. The van der Waals surface area contributed by atoms with Gasteiger partial charge in [-0.3, -0.25) is 4.79 Å². The fourth-order valence-corrected chi connectivity index (χ4v) is 3.04. The molecule has 3 aromatic rings. The van der Waals surface area contributed by atoms with Gasteiger partial charge in [0.2, 0.25) is 5.91 Å². The van der Waals surface area contributed by atoms with Crippen LogP contribution in [0.1, 0.15) is 18.5 Å². The van der Waals surface area contributed by atoms with E-state index in [9.17, 15) is 9.18 Å². The summed E-state index contributed by atoms with van der Waals surface area (Å²) in [4.78, 5) is 16.6. The van der Waals surface area contributed by atoms with Crippen LogP contribution in [-0.4, -0.2) is 16.0 Å². The van der Waals surface area contributed by atoms with Crippen LogP contribution in [0.15, 0.2) is 46.4 Å². The Kier molecular flexibility index (Phi) is 3.23. The zero-order valence-electron chi connectivity index (χ0n) is 12.0. The van der Waals surface area contributed by atoms with Crippen LogP contribution in [-0.2, 0) is 10.2 Å². The van der Waals surface area contributed by atoms with Crippen molar-refractivity contribution >= 4 is 22.4 Å². The molecule has 1 amide bonds. The minimum absolute atomic E-state index is 0.152. The second-order valence-electron chi connectivity index (χ2n) is 5.43. The molecule has 4 rings (SSSR count). The third-order valence-corrected chi connectivity index (χ3v) is 4.67. The molecule has 1 aliphatic rings. The molecular weight excluding hydrogens is 317 g/mol. The van der Waals surface area contributed by atoms with Crippen molar-refractivity contribution in [2.45, 2.75) is 18.3 Å². The van der Waals surface area contributed by atoms with Crippen LogP contribution >= 0.6 is 11.3 Å². The molecule has 0 bridgehead atoms. The van der Waals surface area contributed by atoms with Gasteiger partial charge in [0, 0.05) is 17.6 Å². The molecule has 116 valence electrons. The van der Waals surface area contributed by atoms with E-state index >= 15 is 0 Å². The molecule has 0 aliphatic heterocycles. The Morgan fingerprint density at radius 3 is 2.87 bits per heavy atom. The van der Waals surface area contributed by atoms with Crippen LogP contribution in [0.25, 0.3) is 11.3 Å². The van der Waals surface area contributed by atoms with Crippen molar-refractivity contribution in [3.8, 4) is 11.3 Å². The van der Waals surface area contributed by atoms with Gasteiger partial charge in [-0.05, 0) is 25.0 Å². The Hall–Kier alpha value is -2.54. The highest BCUT2D eigenvalue weighted by Crippen LogP contribution is 2.49. The van der Waals surface area contributed by atoms with Crippen LogP contribution < -0.4 is 5.32 Å². The lowest BCUT2D eigenvalue weighted by molar-refractivity contribution is -0.118. The average Bonchev–Trinajstić information content (AvgIpc) is 2.97. The highest BCUT2D eigenvalue weighted by molar-refractivity contribution is 7.13. The molecule has 1 aliphatic carbocycles. The van der Waals surface area contributed by atoms with E-state index in [2.05, 4.69) is 15.5 Å². The van der Waals surface area contributed by atoms with E-state index in [1.165, 1.54) is 17.4 Å². The van der Waals surface area contributed by atoms with Gasteiger partial charge in [-0.25, -0.2) is 9.37 Å². The number of nitrogens with zero attached hydrogens (tertiary/aromatic N) is 2. The number of amides is 1. The molecule has 7 heteroatoms. The number of aromatic nitrogens is 2. The van der Waals surface area contributed by atoms with Gasteiger partial charge in [0.05, 0.1) is 16.7 Å². The molecule has 23 heavy (non-hydrogen) atoms. The number of hydrogen-bond donors (Lipinski definition) is 1. The van der Waals surface area contributed by atoms with Crippen molar-refractivity contribution in [1.29, 1.82) is 0 Å². The van der Waals surface area contributed by atoms with E-state index in [0.29, 0.717) is 35.0 Å². The number of carbonyl (C=O) groups excluding carboxylic acids is 1. The summed E-state index contributed by atoms with van der Waals surface area (Å²) in [5, 5.41) is 9.14. The molecule has 5 nitrogen and oxygen atoms in total. The summed E-state index contributed by atoms with van der Waals surface area (Å²) in [5.41, 5.74) is 0.172.